The Bertz CT molecular complexity index is 472. The number of piperidine rings is 1. The van der Waals surface area contributed by atoms with Gasteiger partial charge in [0.2, 0.25) is 0 Å². The summed E-state index contributed by atoms with van der Waals surface area (Å²) >= 11 is 0. The Morgan fingerprint density at radius 3 is 2.17 bits per heavy atom. The Morgan fingerprint density at radius 1 is 1.13 bits per heavy atom. The molecular formula is C18H31NO4. The molecule has 23 heavy (non-hydrogen) atoms. The van der Waals surface area contributed by atoms with E-state index in [2.05, 4.69) is 13.8 Å². The van der Waals surface area contributed by atoms with Crippen molar-refractivity contribution in [2.75, 3.05) is 6.54 Å². The van der Waals surface area contributed by atoms with Gasteiger partial charge in [0.25, 0.3) is 0 Å². The Balaban J connectivity index is 2.31. The van der Waals surface area contributed by atoms with Crippen LogP contribution >= 0.6 is 0 Å². The molecule has 1 saturated carbocycles. The highest BCUT2D eigenvalue weighted by Crippen LogP contribution is 2.48. The van der Waals surface area contributed by atoms with E-state index in [1.54, 1.807) is 4.90 Å². The number of ether oxygens (including phenoxy) is 1. The highest BCUT2D eigenvalue weighted by molar-refractivity contribution is 5.78. The minimum absolute atomic E-state index is 0.00823. The fourth-order valence-corrected chi connectivity index (χ4v) is 4.12. The second-order valence-electron chi connectivity index (χ2n) is 9.00. The van der Waals surface area contributed by atoms with Crippen molar-refractivity contribution in [1.29, 1.82) is 0 Å². The number of likely N-dealkylation sites (tertiary alicyclic amines) is 1. The second kappa shape index (κ2) is 5.99. The number of rotatable bonds is 2. The molecule has 1 N–H and O–H groups in total. The first kappa shape index (κ1) is 18.1. The standard InChI is InChI=1S/C18H31NO4/c1-16(2,3)23-15(22)19-12-17(4,5)11-8-13(19)18(14(20)21)9-6-7-10-18/h13H,6-12H2,1-5H3,(H,20,21). The summed E-state index contributed by atoms with van der Waals surface area (Å²) in [6, 6.07) is -0.259. The summed E-state index contributed by atoms with van der Waals surface area (Å²) in [6.07, 6.45) is 4.47. The summed E-state index contributed by atoms with van der Waals surface area (Å²) in [5.74, 6) is -0.756. The van der Waals surface area contributed by atoms with Gasteiger partial charge in [0.05, 0.1) is 11.5 Å². The molecule has 0 aromatic carbocycles. The average Bonchev–Trinajstić information content (AvgIpc) is 2.86. The number of carbonyl (C=O) groups is 2. The molecule has 0 aromatic heterocycles. The zero-order chi connectivity index (χ0) is 17.5. The van der Waals surface area contributed by atoms with Crippen LogP contribution in [-0.2, 0) is 9.53 Å². The van der Waals surface area contributed by atoms with Gasteiger partial charge in [-0.2, -0.15) is 0 Å². The Hall–Kier alpha value is -1.26. The number of nitrogens with zero attached hydrogens (tertiary/aromatic N) is 1. The fourth-order valence-electron chi connectivity index (χ4n) is 4.12. The molecule has 2 fully saturated rings. The van der Waals surface area contributed by atoms with Gasteiger partial charge in [-0.15, -0.1) is 0 Å². The van der Waals surface area contributed by atoms with Gasteiger partial charge in [-0.05, 0) is 51.9 Å². The average molecular weight is 325 g/mol. The minimum Gasteiger partial charge on any atom is -0.481 e. The van der Waals surface area contributed by atoms with Gasteiger partial charge in [-0.1, -0.05) is 26.7 Å². The predicted octanol–water partition coefficient (Wildman–Crippen LogP) is 4.06. The fraction of sp³-hybridized carbons (Fsp3) is 0.889. The van der Waals surface area contributed by atoms with Gasteiger partial charge >= 0.3 is 12.1 Å². The van der Waals surface area contributed by atoms with Gasteiger partial charge in [0, 0.05) is 6.54 Å². The SMILES string of the molecule is CC1(C)CCC(C2(C(=O)O)CCCC2)N(C(=O)OC(C)(C)C)C1. The van der Waals surface area contributed by atoms with Gasteiger partial charge in [0.15, 0.2) is 0 Å². The van der Waals surface area contributed by atoms with Crippen molar-refractivity contribution in [3.05, 3.63) is 0 Å². The van der Waals surface area contributed by atoms with Crippen LogP contribution in [0.2, 0.25) is 0 Å². The molecule has 1 aliphatic carbocycles. The van der Waals surface area contributed by atoms with E-state index >= 15 is 0 Å². The molecule has 2 rings (SSSR count). The van der Waals surface area contributed by atoms with Crippen molar-refractivity contribution in [3.8, 4) is 0 Å². The summed E-state index contributed by atoms with van der Waals surface area (Å²) in [4.78, 5) is 26.5. The van der Waals surface area contributed by atoms with Crippen LogP contribution in [0, 0.1) is 10.8 Å². The predicted molar refractivity (Wildman–Crippen MR) is 88.3 cm³/mol. The summed E-state index contributed by atoms with van der Waals surface area (Å²) in [5.41, 5.74) is -1.38. The van der Waals surface area contributed by atoms with Crippen LogP contribution in [0.5, 0.6) is 0 Å². The van der Waals surface area contributed by atoms with E-state index in [-0.39, 0.29) is 17.6 Å². The monoisotopic (exact) mass is 325 g/mol. The highest BCUT2D eigenvalue weighted by atomic mass is 16.6. The molecule has 5 heteroatoms. The third-order valence-electron chi connectivity index (χ3n) is 5.26. The molecule has 1 heterocycles. The van der Waals surface area contributed by atoms with Crippen LogP contribution in [0.4, 0.5) is 4.79 Å². The molecule has 5 nitrogen and oxygen atoms in total. The Morgan fingerprint density at radius 2 is 1.70 bits per heavy atom. The third kappa shape index (κ3) is 3.81. The molecule has 1 amide bonds. The number of carboxylic acid groups (broad SMARTS) is 1. The first-order valence-electron chi connectivity index (χ1n) is 8.70. The maximum absolute atomic E-state index is 12.7. The molecule has 0 aromatic rings. The van der Waals surface area contributed by atoms with Gasteiger partial charge in [-0.3, -0.25) is 4.79 Å². The molecule has 1 saturated heterocycles. The summed E-state index contributed by atoms with van der Waals surface area (Å²) in [6.45, 7) is 10.3. The normalized spacial score (nSPS) is 26.8. The van der Waals surface area contributed by atoms with E-state index in [9.17, 15) is 14.7 Å². The van der Waals surface area contributed by atoms with Crippen molar-refractivity contribution in [2.45, 2.75) is 84.8 Å². The first-order valence-corrected chi connectivity index (χ1v) is 8.70. The van der Waals surface area contributed by atoms with Crippen LogP contribution in [-0.4, -0.2) is 40.3 Å². The van der Waals surface area contributed by atoms with Gasteiger partial charge in [-0.25, -0.2) is 4.79 Å². The van der Waals surface area contributed by atoms with Gasteiger partial charge in [0.1, 0.15) is 5.60 Å². The molecule has 1 unspecified atom stereocenters. The Kier molecular flexibility index (Phi) is 4.71. The van der Waals surface area contributed by atoms with Crippen molar-refractivity contribution in [2.24, 2.45) is 10.8 Å². The summed E-state index contributed by atoms with van der Waals surface area (Å²) in [7, 11) is 0. The number of hydrogen-bond donors (Lipinski definition) is 1. The topological polar surface area (TPSA) is 66.8 Å². The number of aliphatic carboxylic acids is 1. The zero-order valence-corrected chi connectivity index (χ0v) is 15.1. The molecule has 0 spiro atoms. The highest BCUT2D eigenvalue weighted by Gasteiger charge is 2.54. The zero-order valence-electron chi connectivity index (χ0n) is 15.1. The summed E-state index contributed by atoms with van der Waals surface area (Å²) < 4.78 is 5.58. The van der Waals surface area contributed by atoms with E-state index < -0.39 is 17.0 Å². The van der Waals surface area contributed by atoms with Crippen molar-refractivity contribution in [3.63, 3.8) is 0 Å². The van der Waals surface area contributed by atoms with E-state index in [1.807, 2.05) is 20.8 Å². The van der Waals surface area contributed by atoms with Crippen LogP contribution in [0.25, 0.3) is 0 Å². The van der Waals surface area contributed by atoms with Crippen molar-refractivity contribution < 1.29 is 19.4 Å². The van der Waals surface area contributed by atoms with Gasteiger partial charge < -0.3 is 14.7 Å². The minimum atomic E-state index is -0.798. The summed E-state index contributed by atoms with van der Waals surface area (Å²) in [5, 5.41) is 9.90. The molecule has 132 valence electrons. The first-order chi connectivity index (χ1) is 10.5. The maximum Gasteiger partial charge on any atom is 0.410 e. The molecule has 0 bridgehead atoms. The number of hydrogen-bond acceptors (Lipinski definition) is 3. The molecule has 1 atom stereocenters. The Labute approximate surface area is 139 Å². The molecule has 0 radical (unpaired) electrons. The van der Waals surface area contributed by atoms with E-state index in [0.29, 0.717) is 19.4 Å². The quantitative estimate of drug-likeness (QED) is 0.831. The largest absolute Gasteiger partial charge is 0.481 e. The number of carbonyl (C=O) groups excluding carboxylic acids is 1. The van der Waals surface area contributed by atoms with Crippen LogP contribution in [0.3, 0.4) is 0 Å². The smallest absolute Gasteiger partial charge is 0.410 e. The van der Waals surface area contributed by atoms with Crippen molar-refractivity contribution >= 4 is 12.1 Å². The van der Waals surface area contributed by atoms with Crippen LogP contribution in [0.15, 0.2) is 0 Å². The maximum atomic E-state index is 12.7. The number of amides is 1. The van der Waals surface area contributed by atoms with Crippen molar-refractivity contribution in [1.82, 2.24) is 4.90 Å². The molecule has 1 aliphatic heterocycles. The van der Waals surface area contributed by atoms with E-state index in [0.717, 1.165) is 25.7 Å². The lowest BCUT2D eigenvalue weighted by molar-refractivity contribution is -0.155. The second-order valence-corrected chi connectivity index (χ2v) is 9.00. The molecule has 2 aliphatic rings. The third-order valence-corrected chi connectivity index (χ3v) is 5.26. The van der Waals surface area contributed by atoms with E-state index in [1.165, 1.54) is 0 Å². The molecular weight excluding hydrogens is 294 g/mol. The van der Waals surface area contributed by atoms with Crippen LogP contribution < -0.4 is 0 Å². The van der Waals surface area contributed by atoms with E-state index in [4.69, 9.17) is 4.74 Å². The lowest BCUT2D eigenvalue weighted by Crippen LogP contribution is -2.59. The lowest BCUT2D eigenvalue weighted by Gasteiger charge is -2.49. The van der Waals surface area contributed by atoms with Crippen LogP contribution in [0.1, 0.15) is 73.1 Å². The number of carboxylic acids is 1. The lowest BCUT2D eigenvalue weighted by atomic mass is 9.70.